The minimum Gasteiger partial charge on any atom is -0.493 e. The molecule has 0 aromatic heterocycles. The number of rotatable bonds is 7. The Morgan fingerprint density at radius 2 is 1.74 bits per heavy atom. The lowest BCUT2D eigenvalue weighted by atomic mass is 10.0. The molecule has 3 aromatic rings. The summed E-state index contributed by atoms with van der Waals surface area (Å²) in [6.07, 6.45) is 1.70. The summed E-state index contributed by atoms with van der Waals surface area (Å²) in [5, 5.41) is 0. The van der Waals surface area contributed by atoms with E-state index in [1.165, 1.54) is 9.13 Å². The second kappa shape index (κ2) is 10.9. The molecule has 0 spiro atoms. The molecule has 0 unspecified atom stereocenters. The number of ether oxygens (including phenoxy) is 3. The highest BCUT2D eigenvalue weighted by Crippen LogP contribution is 2.35. The molecular weight excluding hydrogens is 656 g/mol. The highest BCUT2D eigenvalue weighted by Gasteiger charge is 2.24. The van der Waals surface area contributed by atoms with Gasteiger partial charge in [-0.1, -0.05) is 38.1 Å². The predicted octanol–water partition coefficient (Wildman–Crippen LogP) is 6.95. The smallest absolute Gasteiger partial charge is 0.363 e. The number of aliphatic imine (C=N–C) groups is 1. The second-order valence-electron chi connectivity index (χ2n) is 8.06. The van der Waals surface area contributed by atoms with E-state index in [0.29, 0.717) is 29.9 Å². The fraction of sp³-hybridized carbons (Fsp3) is 0.185. The summed E-state index contributed by atoms with van der Waals surface area (Å²) in [5.41, 5.74) is 4.08. The summed E-state index contributed by atoms with van der Waals surface area (Å²) in [6.45, 7) is 4.70. The largest absolute Gasteiger partial charge is 0.493 e. The topological polar surface area (TPSA) is 57.1 Å². The van der Waals surface area contributed by atoms with Gasteiger partial charge in [0.2, 0.25) is 5.90 Å². The van der Waals surface area contributed by atoms with Gasteiger partial charge in [-0.15, -0.1) is 0 Å². The molecule has 0 amide bonds. The number of nitrogens with zero attached hydrogens (tertiary/aromatic N) is 1. The molecule has 3 aromatic carbocycles. The van der Waals surface area contributed by atoms with Crippen LogP contribution in [0.2, 0.25) is 0 Å². The molecule has 34 heavy (non-hydrogen) atoms. The minimum absolute atomic E-state index is 0.244. The van der Waals surface area contributed by atoms with Gasteiger partial charge in [-0.25, -0.2) is 9.79 Å². The van der Waals surface area contributed by atoms with Crippen LogP contribution in [0, 0.1) is 7.14 Å². The van der Waals surface area contributed by atoms with E-state index in [0.717, 1.165) is 20.3 Å². The van der Waals surface area contributed by atoms with Crippen molar-refractivity contribution in [1.29, 1.82) is 0 Å². The third-order valence-corrected chi connectivity index (χ3v) is 6.82. The highest BCUT2D eigenvalue weighted by molar-refractivity contribution is 14.1. The van der Waals surface area contributed by atoms with Crippen LogP contribution in [0.1, 0.15) is 42.0 Å². The fourth-order valence-electron chi connectivity index (χ4n) is 3.40. The molecule has 0 aliphatic carbocycles. The van der Waals surface area contributed by atoms with Crippen LogP contribution in [0.3, 0.4) is 0 Å². The fourth-order valence-corrected chi connectivity index (χ4v) is 4.54. The zero-order chi connectivity index (χ0) is 24.2. The van der Waals surface area contributed by atoms with Crippen LogP contribution in [0.4, 0.5) is 0 Å². The van der Waals surface area contributed by atoms with Crippen LogP contribution in [0.15, 0.2) is 71.4 Å². The van der Waals surface area contributed by atoms with E-state index in [2.05, 4.69) is 64.0 Å². The van der Waals surface area contributed by atoms with Crippen molar-refractivity contribution in [2.24, 2.45) is 4.99 Å². The van der Waals surface area contributed by atoms with Crippen LogP contribution >= 0.6 is 45.2 Å². The molecule has 1 aliphatic heterocycles. The van der Waals surface area contributed by atoms with Crippen molar-refractivity contribution < 1.29 is 19.0 Å². The van der Waals surface area contributed by atoms with Gasteiger partial charge < -0.3 is 14.2 Å². The van der Waals surface area contributed by atoms with Crippen LogP contribution < -0.4 is 9.47 Å². The van der Waals surface area contributed by atoms with Crippen LogP contribution in [0.5, 0.6) is 11.5 Å². The zero-order valence-electron chi connectivity index (χ0n) is 19.0. The standard InChI is InChI=1S/C27H23I2NO4/c1-16(2)19-6-8-20(9-7-19)26-30-23(27(31)34-26)13-18-12-22(29)25(24(14-18)32-3)33-15-17-4-10-21(28)11-5-17/h4-14,16H,15H2,1-3H3/b23-13-. The molecule has 174 valence electrons. The Hall–Kier alpha value is -2.40. The number of carbonyl (C=O) groups excluding carboxylic acids is 1. The van der Waals surface area contributed by atoms with Crippen molar-refractivity contribution in [2.75, 3.05) is 7.11 Å². The van der Waals surface area contributed by atoms with Crippen molar-refractivity contribution in [3.05, 3.63) is 95.8 Å². The van der Waals surface area contributed by atoms with Gasteiger partial charge in [0, 0.05) is 9.13 Å². The summed E-state index contributed by atoms with van der Waals surface area (Å²) in [6, 6.07) is 19.8. The number of halogens is 2. The number of benzene rings is 3. The lowest BCUT2D eigenvalue weighted by molar-refractivity contribution is -0.129. The molecule has 0 saturated heterocycles. The van der Waals surface area contributed by atoms with Gasteiger partial charge in [0.05, 0.1) is 10.7 Å². The number of hydrogen-bond donors (Lipinski definition) is 0. The lowest BCUT2D eigenvalue weighted by Crippen LogP contribution is -2.05. The molecule has 0 N–H and O–H groups in total. The summed E-state index contributed by atoms with van der Waals surface area (Å²) >= 11 is 4.49. The lowest BCUT2D eigenvalue weighted by Gasteiger charge is -2.14. The molecule has 0 saturated carbocycles. The first-order valence-corrected chi connectivity index (χ1v) is 12.9. The first-order valence-electron chi connectivity index (χ1n) is 10.7. The molecule has 5 nitrogen and oxygen atoms in total. The summed E-state index contributed by atoms with van der Waals surface area (Å²) in [7, 11) is 1.60. The van der Waals surface area contributed by atoms with Gasteiger partial charge >= 0.3 is 5.97 Å². The number of methoxy groups -OCH3 is 1. The third kappa shape index (κ3) is 5.80. The molecule has 0 radical (unpaired) electrons. The monoisotopic (exact) mass is 679 g/mol. The van der Waals surface area contributed by atoms with E-state index < -0.39 is 5.97 Å². The summed E-state index contributed by atoms with van der Waals surface area (Å²) in [5.74, 6) is 1.51. The van der Waals surface area contributed by atoms with Gasteiger partial charge in [-0.2, -0.15) is 0 Å². The van der Waals surface area contributed by atoms with Crippen molar-refractivity contribution in [2.45, 2.75) is 26.4 Å². The Balaban J connectivity index is 1.56. The SMILES string of the molecule is COc1cc(/C=C2\N=C(c3ccc(C(C)C)cc3)OC2=O)cc(I)c1OCc1ccc(I)cc1. The molecule has 4 rings (SSSR count). The first-order chi connectivity index (χ1) is 16.3. The van der Waals surface area contributed by atoms with Crippen LogP contribution in [-0.2, 0) is 16.1 Å². The third-order valence-electron chi connectivity index (χ3n) is 5.30. The maximum Gasteiger partial charge on any atom is 0.363 e. The Morgan fingerprint density at radius 1 is 1.03 bits per heavy atom. The number of cyclic esters (lactones) is 1. The number of esters is 1. The van der Waals surface area contributed by atoms with E-state index >= 15 is 0 Å². The molecule has 1 heterocycles. The average molecular weight is 679 g/mol. The Kier molecular flexibility index (Phi) is 7.92. The van der Waals surface area contributed by atoms with E-state index in [-0.39, 0.29) is 5.70 Å². The number of carbonyl (C=O) groups is 1. The van der Waals surface area contributed by atoms with E-state index in [1.807, 2.05) is 60.7 Å². The summed E-state index contributed by atoms with van der Waals surface area (Å²) < 4.78 is 19.1. The van der Waals surface area contributed by atoms with Gasteiger partial charge in [0.25, 0.3) is 0 Å². The Bertz CT molecular complexity index is 1260. The summed E-state index contributed by atoms with van der Waals surface area (Å²) in [4.78, 5) is 16.9. The maximum atomic E-state index is 12.5. The van der Waals surface area contributed by atoms with Crippen molar-refractivity contribution >= 4 is 63.1 Å². The predicted molar refractivity (Wildman–Crippen MR) is 150 cm³/mol. The average Bonchev–Trinajstić information content (AvgIpc) is 3.19. The quantitative estimate of drug-likeness (QED) is 0.154. The second-order valence-corrected chi connectivity index (χ2v) is 10.5. The molecule has 0 fully saturated rings. The van der Waals surface area contributed by atoms with Crippen molar-refractivity contribution in [1.82, 2.24) is 0 Å². The van der Waals surface area contributed by atoms with Gasteiger partial charge in [0.1, 0.15) is 6.61 Å². The molecule has 1 aliphatic rings. The van der Waals surface area contributed by atoms with Crippen molar-refractivity contribution in [3.8, 4) is 11.5 Å². The van der Waals surface area contributed by atoms with E-state index in [1.54, 1.807) is 13.2 Å². The van der Waals surface area contributed by atoms with Gasteiger partial charge in [-0.05, 0) is 110 Å². The molecule has 0 atom stereocenters. The van der Waals surface area contributed by atoms with E-state index in [9.17, 15) is 4.79 Å². The normalized spacial score (nSPS) is 14.4. The number of hydrogen-bond acceptors (Lipinski definition) is 5. The molecule has 0 bridgehead atoms. The maximum absolute atomic E-state index is 12.5. The zero-order valence-corrected chi connectivity index (χ0v) is 23.3. The van der Waals surface area contributed by atoms with Gasteiger partial charge in [0.15, 0.2) is 17.2 Å². The van der Waals surface area contributed by atoms with Crippen LogP contribution in [0.25, 0.3) is 6.08 Å². The first kappa shape index (κ1) is 24.7. The minimum atomic E-state index is -0.476. The van der Waals surface area contributed by atoms with Crippen LogP contribution in [-0.4, -0.2) is 19.0 Å². The molecule has 7 heteroatoms. The Morgan fingerprint density at radius 3 is 2.38 bits per heavy atom. The molecular formula is C27H23I2NO4. The van der Waals surface area contributed by atoms with E-state index in [4.69, 9.17) is 14.2 Å². The highest BCUT2D eigenvalue weighted by atomic mass is 127. The van der Waals surface area contributed by atoms with Crippen molar-refractivity contribution in [3.63, 3.8) is 0 Å². The van der Waals surface area contributed by atoms with Gasteiger partial charge in [-0.3, -0.25) is 0 Å². The Labute approximate surface area is 226 Å².